The standard InChI is InChI=1S/C25H23N3O4/c1-16-21(24(29)27-18-5-4-6-20(13-18)32-3)14-22-23(26-16)11-12-28(25(22)30)15-17-7-9-19(31-2)10-8-17/h4-14H,15H2,1-3H3,(H,27,29). The van der Waals surface area contributed by atoms with E-state index in [-0.39, 0.29) is 11.5 Å². The Bertz CT molecular complexity index is 1340. The largest absolute Gasteiger partial charge is 0.497 e. The summed E-state index contributed by atoms with van der Waals surface area (Å²) in [5.74, 6) is 1.05. The fourth-order valence-electron chi connectivity index (χ4n) is 3.49. The van der Waals surface area contributed by atoms with Gasteiger partial charge in [0, 0.05) is 18.0 Å². The number of aryl methyl sites for hydroxylation is 1. The van der Waals surface area contributed by atoms with Gasteiger partial charge in [-0.15, -0.1) is 0 Å². The minimum absolute atomic E-state index is 0.207. The number of anilines is 1. The van der Waals surface area contributed by atoms with Gasteiger partial charge in [-0.05, 0) is 48.9 Å². The molecule has 0 spiro atoms. The van der Waals surface area contributed by atoms with E-state index in [0.29, 0.717) is 40.1 Å². The molecule has 0 aliphatic rings. The first-order chi connectivity index (χ1) is 15.5. The average Bonchev–Trinajstić information content (AvgIpc) is 2.81. The van der Waals surface area contributed by atoms with Crippen molar-refractivity contribution in [2.75, 3.05) is 19.5 Å². The molecule has 0 atom stereocenters. The number of hydrogen-bond acceptors (Lipinski definition) is 5. The summed E-state index contributed by atoms with van der Waals surface area (Å²) in [6.45, 7) is 2.15. The Kier molecular flexibility index (Phi) is 5.89. The molecule has 7 nitrogen and oxygen atoms in total. The third-order valence-electron chi connectivity index (χ3n) is 5.23. The molecule has 0 aliphatic carbocycles. The molecule has 1 N–H and O–H groups in total. The highest BCUT2D eigenvalue weighted by Gasteiger charge is 2.15. The molecular formula is C25H23N3O4. The number of rotatable bonds is 6. The Labute approximate surface area is 185 Å². The van der Waals surface area contributed by atoms with Gasteiger partial charge in [0.1, 0.15) is 11.5 Å². The van der Waals surface area contributed by atoms with Crippen LogP contribution < -0.4 is 20.3 Å². The number of nitrogens with one attached hydrogen (secondary N) is 1. The topological polar surface area (TPSA) is 82.5 Å². The van der Waals surface area contributed by atoms with Crippen LogP contribution in [-0.4, -0.2) is 29.7 Å². The molecule has 0 saturated carbocycles. The molecule has 0 aliphatic heterocycles. The highest BCUT2D eigenvalue weighted by molar-refractivity contribution is 6.06. The maximum Gasteiger partial charge on any atom is 0.260 e. The number of hydrogen-bond donors (Lipinski definition) is 1. The van der Waals surface area contributed by atoms with Crippen LogP contribution in [0.1, 0.15) is 21.6 Å². The van der Waals surface area contributed by atoms with Gasteiger partial charge in [-0.1, -0.05) is 18.2 Å². The predicted molar refractivity (Wildman–Crippen MR) is 124 cm³/mol. The molecule has 7 heteroatoms. The summed E-state index contributed by atoms with van der Waals surface area (Å²) < 4.78 is 12.0. The number of ether oxygens (including phenoxy) is 2. The van der Waals surface area contributed by atoms with E-state index in [2.05, 4.69) is 10.3 Å². The van der Waals surface area contributed by atoms with Gasteiger partial charge in [-0.3, -0.25) is 14.6 Å². The van der Waals surface area contributed by atoms with Gasteiger partial charge in [0.25, 0.3) is 11.5 Å². The Morgan fingerprint density at radius 1 is 1.00 bits per heavy atom. The monoisotopic (exact) mass is 429 g/mol. The second-order valence-corrected chi connectivity index (χ2v) is 7.34. The first-order valence-corrected chi connectivity index (χ1v) is 10.1. The molecule has 0 fully saturated rings. The normalized spacial score (nSPS) is 10.7. The number of pyridine rings is 2. The maximum atomic E-state index is 13.1. The van der Waals surface area contributed by atoms with Gasteiger partial charge in [0.15, 0.2) is 0 Å². The van der Waals surface area contributed by atoms with Gasteiger partial charge in [0.2, 0.25) is 0 Å². The van der Waals surface area contributed by atoms with Crippen molar-refractivity contribution < 1.29 is 14.3 Å². The van der Waals surface area contributed by atoms with Crippen LogP contribution in [0.5, 0.6) is 11.5 Å². The van der Waals surface area contributed by atoms with Crippen molar-refractivity contribution in [1.82, 2.24) is 9.55 Å². The van der Waals surface area contributed by atoms with E-state index in [1.54, 1.807) is 68.3 Å². The molecule has 0 unspecified atom stereocenters. The van der Waals surface area contributed by atoms with Crippen molar-refractivity contribution >= 4 is 22.5 Å². The molecule has 1 amide bonds. The lowest BCUT2D eigenvalue weighted by Crippen LogP contribution is -2.22. The van der Waals surface area contributed by atoms with Crippen molar-refractivity contribution in [3.05, 3.63) is 94.0 Å². The third-order valence-corrected chi connectivity index (χ3v) is 5.23. The lowest BCUT2D eigenvalue weighted by Gasteiger charge is -2.11. The summed E-state index contributed by atoms with van der Waals surface area (Å²) in [6, 6.07) is 18.0. The van der Waals surface area contributed by atoms with Gasteiger partial charge >= 0.3 is 0 Å². The zero-order valence-corrected chi connectivity index (χ0v) is 18.1. The van der Waals surface area contributed by atoms with Crippen LogP contribution in [0, 0.1) is 6.92 Å². The molecule has 162 valence electrons. The number of nitrogens with zero attached hydrogens (tertiary/aromatic N) is 2. The Hall–Kier alpha value is -4.13. The molecule has 0 saturated heterocycles. The van der Waals surface area contributed by atoms with E-state index < -0.39 is 0 Å². The number of fused-ring (bicyclic) bond motifs is 1. The lowest BCUT2D eigenvalue weighted by molar-refractivity contribution is 0.102. The minimum atomic E-state index is -0.338. The average molecular weight is 429 g/mol. The maximum absolute atomic E-state index is 13.1. The number of aromatic nitrogens is 2. The summed E-state index contributed by atoms with van der Waals surface area (Å²) in [6.07, 6.45) is 1.72. The highest BCUT2D eigenvalue weighted by atomic mass is 16.5. The number of methoxy groups -OCH3 is 2. The molecule has 32 heavy (non-hydrogen) atoms. The van der Waals surface area contributed by atoms with E-state index >= 15 is 0 Å². The quantitative estimate of drug-likeness (QED) is 0.501. The van der Waals surface area contributed by atoms with E-state index in [9.17, 15) is 9.59 Å². The summed E-state index contributed by atoms with van der Waals surface area (Å²) >= 11 is 0. The number of amides is 1. The van der Waals surface area contributed by atoms with Crippen molar-refractivity contribution in [3.8, 4) is 11.5 Å². The van der Waals surface area contributed by atoms with Crippen LogP contribution in [0.2, 0.25) is 0 Å². The first-order valence-electron chi connectivity index (χ1n) is 10.1. The molecule has 0 bridgehead atoms. The summed E-state index contributed by atoms with van der Waals surface area (Å²) in [5.41, 5.74) is 2.80. The van der Waals surface area contributed by atoms with Crippen molar-refractivity contribution in [2.24, 2.45) is 0 Å². The van der Waals surface area contributed by atoms with E-state index in [0.717, 1.165) is 11.3 Å². The van der Waals surface area contributed by atoms with Gasteiger partial charge in [-0.25, -0.2) is 0 Å². The number of benzene rings is 2. The lowest BCUT2D eigenvalue weighted by atomic mass is 10.1. The van der Waals surface area contributed by atoms with E-state index in [1.165, 1.54) is 0 Å². The molecule has 2 heterocycles. The molecule has 0 radical (unpaired) electrons. The molecule has 2 aromatic heterocycles. The van der Waals surface area contributed by atoms with Crippen LogP contribution >= 0.6 is 0 Å². The van der Waals surface area contributed by atoms with Crippen LogP contribution in [0.3, 0.4) is 0 Å². The third kappa shape index (κ3) is 4.32. The Morgan fingerprint density at radius 2 is 1.75 bits per heavy atom. The van der Waals surface area contributed by atoms with Crippen LogP contribution in [0.4, 0.5) is 5.69 Å². The fourth-order valence-corrected chi connectivity index (χ4v) is 3.49. The predicted octanol–water partition coefficient (Wildman–Crippen LogP) is 4.02. The minimum Gasteiger partial charge on any atom is -0.497 e. The van der Waals surface area contributed by atoms with Crippen LogP contribution in [-0.2, 0) is 6.54 Å². The van der Waals surface area contributed by atoms with Crippen molar-refractivity contribution in [2.45, 2.75) is 13.5 Å². The summed E-state index contributed by atoms with van der Waals surface area (Å²) in [4.78, 5) is 30.5. The van der Waals surface area contributed by atoms with Crippen LogP contribution in [0.25, 0.3) is 10.9 Å². The van der Waals surface area contributed by atoms with E-state index in [4.69, 9.17) is 9.47 Å². The van der Waals surface area contributed by atoms with Gasteiger partial charge in [-0.2, -0.15) is 0 Å². The fraction of sp³-hybridized carbons (Fsp3) is 0.160. The van der Waals surface area contributed by atoms with Gasteiger partial charge < -0.3 is 19.4 Å². The molecule has 4 aromatic rings. The molecule has 4 rings (SSSR count). The van der Waals surface area contributed by atoms with Crippen molar-refractivity contribution in [3.63, 3.8) is 0 Å². The first kappa shape index (κ1) is 21.1. The second-order valence-electron chi connectivity index (χ2n) is 7.34. The highest BCUT2D eigenvalue weighted by Crippen LogP contribution is 2.20. The SMILES string of the molecule is COc1ccc(Cn2ccc3nc(C)c(C(=O)Nc4cccc(OC)c4)cc3c2=O)cc1. The Morgan fingerprint density at radius 3 is 2.47 bits per heavy atom. The molecule has 2 aromatic carbocycles. The Balaban J connectivity index is 1.66. The van der Waals surface area contributed by atoms with E-state index in [1.807, 2.05) is 24.3 Å². The smallest absolute Gasteiger partial charge is 0.260 e. The second kappa shape index (κ2) is 8.93. The zero-order chi connectivity index (χ0) is 22.7. The van der Waals surface area contributed by atoms with Crippen LogP contribution in [0.15, 0.2) is 71.7 Å². The summed E-state index contributed by atoms with van der Waals surface area (Å²) in [5, 5.41) is 3.23. The van der Waals surface area contributed by atoms with Gasteiger partial charge in [0.05, 0.1) is 42.9 Å². The van der Waals surface area contributed by atoms with Crippen molar-refractivity contribution in [1.29, 1.82) is 0 Å². The molecular weight excluding hydrogens is 406 g/mol. The zero-order valence-electron chi connectivity index (χ0n) is 18.1. The number of carbonyl (C=O) groups is 1. The number of carbonyl (C=O) groups excluding carboxylic acids is 1. The summed E-state index contributed by atoms with van der Waals surface area (Å²) in [7, 11) is 3.18.